The lowest BCUT2D eigenvalue weighted by Crippen LogP contribution is -2.06. The van der Waals surface area contributed by atoms with E-state index in [1.807, 2.05) is 0 Å². The maximum absolute atomic E-state index is 11.4. The molecule has 1 N–H and O–H groups in total. The SMILES string of the molecule is COc1cc(CCC(C)=O)ccc1OC(=O)C=CC(=O)O. The van der Waals surface area contributed by atoms with Gasteiger partial charge in [-0.05, 0) is 31.0 Å². The average Bonchev–Trinajstić information content (AvgIpc) is 2.43. The third-order valence-electron chi connectivity index (χ3n) is 2.57. The van der Waals surface area contributed by atoms with Gasteiger partial charge in [0.05, 0.1) is 7.11 Å². The number of benzene rings is 1. The number of carbonyl (C=O) groups excluding carboxylic acids is 2. The summed E-state index contributed by atoms with van der Waals surface area (Å²) in [5.74, 6) is -1.44. The van der Waals surface area contributed by atoms with Gasteiger partial charge >= 0.3 is 11.9 Å². The molecule has 1 aromatic carbocycles. The van der Waals surface area contributed by atoms with E-state index in [0.717, 1.165) is 11.6 Å². The fourth-order valence-electron chi connectivity index (χ4n) is 1.55. The summed E-state index contributed by atoms with van der Waals surface area (Å²) in [7, 11) is 1.43. The minimum atomic E-state index is -1.24. The van der Waals surface area contributed by atoms with E-state index >= 15 is 0 Å². The molecule has 0 fully saturated rings. The molecule has 0 heterocycles. The van der Waals surface area contributed by atoms with Gasteiger partial charge < -0.3 is 19.4 Å². The van der Waals surface area contributed by atoms with Crippen LogP contribution in [0.5, 0.6) is 11.5 Å². The second kappa shape index (κ2) is 7.84. The molecule has 1 rings (SSSR count). The van der Waals surface area contributed by atoms with E-state index in [1.54, 1.807) is 18.2 Å². The number of aliphatic carboxylic acids is 1. The molecule has 0 aromatic heterocycles. The van der Waals surface area contributed by atoms with E-state index in [9.17, 15) is 14.4 Å². The lowest BCUT2D eigenvalue weighted by Gasteiger charge is -2.09. The molecule has 6 heteroatoms. The van der Waals surface area contributed by atoms with Crippen molar-refractivity contribution in [1.82, 2.24) is 0 Å². The van der Waals surface area contributed by atoms with Gasteiger partial charge in [0.25, 0.3) is 0 Å². The molecule has 0 amide bonds. The predicted molar refractivity (Wildman–Crippen MR) is 74.4 cm³/mol. The summed E-state index contributed by atoms with van der Waals surface area (Å²) >= 11 is 0. The Morgan fingerprint density at radius 3 is 2.48 bits per heavy atom. The molecular formula is C15H16O6. The van der Waals surface area contributed by atoms with Crippen LogP contribution in [-0.4, -0.2) is 29.9 Å². The zero-order valence-corrected chi connectivity index (χ0v) is 11.8. The van der Waals surface area contributed by atoms with E-state index in [2.05, 4.69) is 0 Å². The molecule has 0 saturated carbocycles. The zero-order chi connectivity index (χ0) is 15.8. The molecule has 0 bridgehead atoms. The lowest BCUT2D eigenvalue weighted by molar-refractivity contribution is -0.133. The Kier molecular flexibility index (Phi) is 6.13. The number of ketones is 1. The van der Waals surface area contributed by atoms with Gasteiger partial charge in [0.2, 0.25) is 0 Å². The first-order chi connectivity index (χ1) is 9.92. The second-order valence-electron chi connectivity index (χ2n) is 4.28. The molecule has 0 aliphatic heterocycles. The number of methoxy groups -OCH3 is 1. The molecule has 0 atom stereocenters. The van der Waals surface area contributed by atoms with Crippen molar-refractivity contribution in [2.45, 2.75) is 19.8 Å². The molecule has 21 heavy (non-hydrogen) atoms. The molecule has 0 radical (unpaired) electrons. The van der Waals surface area contributed by atoms with Crippen molar-refractivity contribution < 1.29 is 29.0 Å². The van der Waals surface area contributed by atoms with E-state index in [1.165, 1.54) is 14.0 Å². The molecule has 0 spiro atoms. The van der Waals surface area contributed by atoms with Crippen molar-refractivity contribution >= 4 is 17.7 Å². The number of carbonyl (C=O) groups is 3. The van der Waals surface area contributed by atoms with Gasteiger partial charge in [-0.3, -0.25) is 0 Å². The number of hydrogen-bond donors (Lipinski definition) is 1. The Labute approximate surface area is 122 Å². The van der Waals surface area contributed by atoms with Crippen LogP contribution >= 0.6 is 0 Å². The first-order valence-electron chi connectivity index (χ1n) is 6.21. The van der Waals surface area contributed by atoms with Crippen LogP contribution in [0.3, 0.4) is 0 Å². The topological polar surface area (TPSA) is 89.9 Å². The quantitative estimate of drug-likeness (QED) is 0.468. The Bertz CT molecular complexity index is 574. The molecule has 1 aromatic rings. The van der Waals surface area contributed by atoms with Gasteiger partial charge in [0, 0.05) is 18.6 Å². The monoisotopic (exact) mass is 292 g/mol. The van der Waals surface area contributed by atoms with Crippen LogP contribution in [0.4, 0.5) is 0 Å². The highest BCUT2D eigenvalue weighted by molar-refractivity contribution is 5.91. The van der Waals surface area contributed by atoms with Crippen molar-refractivity contribution in [3.8, 4) is 11.5 Å². The highest BCUT2D eigenvalue weighted by Gasteiger charge is 2.09. The van der Waals surface area contributed by atoms with Gasteiger partial charge in [-0.2, -0.15) is 0 Å². The molecule has 0 aliphatic carbocycles. The summed E-state index contributed by atoms with van der Waals surface area (Å²) in [6, 6.07) is 4.93. The summed E-state index contributed by atoms with van der Waals surface area (Å²) < 4.78 is 10.1. The van der Waals surface area contributed by atoms with Crippen LogP contribution in [0.15, 0.2) is 30.4 Å². The normalized spacial score (nSPS) is 10.4. The number of carboxylic acid groups (broad SMARTS) is 1. The van der Waals surface area contributed by atoms with Gasteiger partial charge in [-0.25, -0.2) is 9.59 Å². The van der Waals surface area contributed by atoms with Gasteiger partial charge in [-0.15, -0.1) is 0 Å². The van der Waals surface area contributed by atoms with E-state index in [0.29, 0.717) is 24.7 Å². The van der Waals surface area contributed by atoms with Crippen LogP contribution in [-0.2, 0) is 20.8 Å². The number of carboxylic acids is 1. The van der Waals surface area contributed by atoms with Gasteiger partial charge in [-0.1, -0.05) is 6.07 Å². The second-order valence-corrected chi connectivity index (χ2v) is 4.28. The number of rotatable bonds is 7. The summed E-state index contributed by atoms with van der Waals surface area (Å²) in [5, 5.41) is 8.42. The summed E-state index contributed by atoms with van der Waals surface area (Å²) in [6.45, 7) is 1.52. The Morgan fingerprint density at radius 2 is 1.90 bits per heavy atom. The molecule has 6 nitrogen and oxygen atoms in total. The van der Waals surface area contributed by atoms with E-state index in [-0.39, 0.29) is 11.5 Å². The van der Waals surface area contributed by atoms with Crippen molar-refractivity contribution in [3.63, 3.8) is 0 Å². The fraction of sp³-hybridized carbons (Fsp3) is 0.267. The highest BCUT2D eigenvalue weighted by Crippen LogP contribution is 2.28. The molecular weight excluding hydrogens is 276 g/mol. The molecule has 0 aliphatic rings. The first-order valence-corrected chi connectivity index (χ1v) is 6.21. The Morgan fingerprint density at radius 1 is 1.19 bits per heavy atom. The smallest absolute Gasteiger partial charge is 0.336 e. The largest absolute Gasteiger partial charge is 0.493 e. The highest BCUT2D eigenvalue weighted by atomic mass is 16.6. The zero-order valence-electron chi connectivity index (χ0n) is 11.8. The van der Waals surface area contributed by atoms with Crippen molar-refractivity contribution in [2.24, 2.45) is 0 Å². The Balaban J connectivity index is 2.81. The van der Waals surface area contributed by atoms with E-state index in [4.69, 9.17) is 14.6 Å². The summed E-state index contributed by atoms with van der Waals surface area (Å²) in [6.07, 6.45) is 2.49. The predicted octanol–water partition coefficient (Wildman–Crippen LogP) is 1.76. The Hall–Kier alpha value is -2.63. The van der Waals surface area contributed by atoms with Crippen LogP contribution < -0.4 is 9.47 Å². The summed E-state index contributed by atoms with van der Waals surface area (Å²) in [4.78, 5) is 32.7. The number of esters is 1. The maximum Gasteiger partial charge on any atom is 0.336 e. The number of ether oxygens (including phenoxy) is 2. The lowest BCUT2D eigenvalue weighted by atomic mass is 10.1. The van der Waals surface area contributed by atoms with Crippen molar-refractivity contribution in [3.05, 3.63) is 35.9 Å². The molecule has 112 valence electrons. The minimum absolute atomic E-state index is 0.0864. The van der Waals surface area contributed by atoms with Gasteiger partial charge in [0.1, 0.15) is 5.78 Å². The molecule has 0 unspecified atom stereocenters. The third-order valence-corrected chi connectivity index (χ3v) is 2.57. The van der Waals surface area contributed by atoms with Crippen LogP contribution in [0.25, 0.3) is 0 Å². The van der Waals surface area contributed by atoms with Crippen LogP contribution in [0.1, 0.15) is 18.9 Å². The van der Waals surface area contributed by atoms with Gasteiger partial charge in [0.15, 0.2) is 11.5 Å². The van der Waals surface area contributed by atoms with E-state index < -0.39 is 11.9 Å². The standard InChI is InChI=1S/C15H16O6/c1-10(16)3-4-11-5-6-12(13(9-11)20-2)21-15(19)8-7-14(17)18/h5-9H,3-4H2,1-2H3,(H,17,18). The van der Waals surface area contributed by atoms with Crippen LogP contribution in [0.2, 0.25) is 0 Å². The maximum atomic E-state index is 11.4. The summed E-state index contributed by atoms with van der Waals surface area (Å²) in [5.41, 5.74) is 0.878. The average molecular weight is 292 g/mol. The minimum Gasteiger partial charge on any atom is -0.493 e. The number of aryl methyl sites for hydroxylation is 1. The number of hydrogen-bond acceptors (Lipinski definition) is 5. The fourth-order valence-corrected chi connectivity index (χ4v) is 1.55. The first kappa shape index (κ1) is 16.4. The number of Topliss-reactive ketones (excluding diaryl/α,β-unsaturated/α-hetero) is 1. The van der Waals surface area contributed by atoms with Crippen molar-refractivity contribution in [1.29, 1.82) is 0 Å². The third kappa shape index (κ3) is 5.90. The molecule has 0 saturated heterocycles. The van der Waals surface area contributed by atoms with Crippen molar-refractivity contribution in [2.75, 3.05) is 7.11 Å². The van der Waals surface area contributed by atoms with Crippen LogP contribution in [0, 0.1) is 0 Å².